The van der Waals surface area contributed by atoms with E-state index in [0.29, 0.717) is 15.7 Å². The van der Waals surface area contributed by atoms with Gasteiger partial charge in [-0.25, -0.2) is 9.59 Å². The fraction of sp³-hybridized carbons (Fsp3) is 0.500. The normalized spacial score (nSPS) is 11.8. The van der Waals surface area contributed by atoms with Crippen LogP contribution in [-0.4, -0.2) is 23.3 Å². The van der Waals surface area contributed by atoms with Crippen LogP contribution in [0.3, 0.4) is 0 Å². The van der Waals surface area contributed by atoms with Crippen molar-refractivity contribution in [1.82, 2.24) is 0 Å². The van der Waals surface area contributed by atoms with Crippen molar-refractivity contribution < 1.29 is 19.1 Å². The van der Waals surface area contributed by atoms with Gasteiger partial charge in [0.1, 0.15) is 11.2 Å². The lowest BCUT2D eigenvalue weighted by atomic mass is 10.1. The van der Waals surface area contributed by atoms with Gasteiger partial charge in [0.15, 0.2) is 0 Å². The molecule has 0 aromatic heterocycles. The van der Waals surface area contributed by atoms with Gasteiger partial charge in [-0.15, -0.1) is 0 Å². The monoisotopic (exact) mass is 371 g/mol. The summed E-state index contributed by atoms with van der Waals surface area (Å²) in [6.07, 6.45) is -0.588. The smallest absolute Gasteiger partial charge is 0.412 e. The van der Waals surface area contributed by atoms with Crippen molar-refractivity contribution in [2.24, 2.45) is 0 Å². The third kappa shape index (κ3) is 6.47. The Morgan fingerprint density at radius 3 is 2.05 bits per heavy atom. The van der Waals surface area contributed by atoms with Crippen LogP contribution in [0.15, 0.2) is 22.7 Å². The zero-order chi connectivity index (χ0) is 17.1. The van der Waals surface area contributed by atoms with Crippen LogP contribution in [-0.2, 0) is 9.47 Å². The number of hydrogen-bond acceptors (Lipinski definition) is 4. The van der Waals surface area contributed by atoms with Gasteiger partial charge in [0, 0.05) is 4.47 Å². The summed E-state index contributed by atoms with van der Waals surface area (Å²) >= 11 is 3.33. The average Bonchev–Trinajstić information content (AvgIpc) is 2.27. The van der Waals surface area contributed by atoms with Gasteiger partial charge in [-0.2, -0.15) is 0 Å². The van der Waals surface area contributed by atoms with Crippen molar-refractivity contribution >= 4 is 33.7 Å². The number of hydrogen-bond donors (Lipinski definition) is 1. The van der Waals surface area contributed by atoms with Crippen molar-refractivity contribution in [2.75, 3.05) is 5.32 Å². The van der Waals surface area contributed by atoms with E-state index in [9.17, 15) is 9.59 Å². The fourth-order valence-corrected chi connectivity index (χ4v) is 1.84. The summed E-state index contributed by atoms with van der Waals surface area (Å²) in [6.45, 7) is 10.7. The fourth-order valence-electron chi connectivity index (χ4n) is 1.50. The Labute approximate surface area is 139 Å². The van der Waals surface area contributed by atoms with E-state index in [1.165, 1.54) is 0 Å². The molecule has 1 amide bonds. The Morgan fingerprint density at radius 2 is 1.55 bits per heavy atom. The maximum Gasteiger partial charge on any atom is 0.412 e. The number of rotatable bonds is 2. The Kier molecular flexibility index (Phi) is 5.62. The zero-order valence-electron chi connectivity index (χ0n) is 13.7. The SMILES string of the molecule is CC(C)(C)OC(=O)Nc1cc(C(=O)OC(C)(C)C)ccc1Br. The molecule has 0 spiro atoms. The summed E-state index contributed by atoms with van der Waals surface area (Å²) in [6, 6.07) is 4.84. The highest BCUT2D eigenvalue weighted by Gasteiger charge is 2.20. The number of esters is 1. The van der Waals surface area contributed by atoms with Gasteiger partial charge in [-0.3, -0.25) is 5.32 Å². The molecular formula is C16H22BrNO4. The topological polar surface area (TPSA) is 64.6 Å². The number of halogens is 1. The summed E-state index contributed by atoms with van der Waals surface area (Å²) in [4.78, 5) is 23.9. The van der Waals surface area contributed by atoms with E-state index in [0.717, 1.165) is 0 Å². The second kappa shape index (κ2) is 6.69. The van der Waals surface area contributed by atoms with E-state index < -0.39 is 23.3 Å². The molecule has 1 aromatic rings. The molecule has 1 N–H and O–H groups in total. The highest BCUT2D eigenvalue weighted by Crippen LogP contribution is 2.25. The summed E-state index contributed by atoms with van der Waals surface area (Å²) in [5.41, 5.74) is -0.385. The van der Waals surface area contributed by atoms with Gasteiger partial charge >= 0.3 is 12.1 Å². The lowest BCUT2D eigenvalue weighted by molar-refractivity contribution is 0.00692. The van der Waals surface area contributed by atoms with Gasteiger partial charge in [0.2, 0.25) is 0 Å². The number of carbonyl (C=O) groups is 2. The molecule has 6 heteroatoms. The van der Waals surface area contributed by atoms with E-state index in [2.05, 4.69) is 21.2 Å². The van der Waals surface area contributed by atoms with Crippen LogP contribution >= 0.6 is 15.9 Å². The Balaban J connectivity index is 2.91. The quantitative estimate of drug-likeness (QED) is 0.761. The molecule has 0 atom stereocenters. The number of anilines is 1. The Morgan fingerprint density at radius 1 is 1.00 bits per heavy atom. The van der Waals surface area contributed by atoms with Crippen molar-refractivity contribution in [3.8, 4) is 0 Å². The average molecular weight is 372 g/mol. The third-order valence-corrected chi connectivity index (χ3v) is 2.93. The third-order valence-electron chi connectivity index (χ3n) is 2.24. The van der Waals surface area contributed by atoms with Crippen LogP contribution in [0, 0.1) is 0 Å². The molecule has 0 heterocycles. The molecule has 0 aliphatic heterocycles. The van der Waals surface area contributed by atoms with Gasteiger partial charge in [-0.05, 0) is 75.7 Å². The second-order valence-electron chi connectivity index (χ2n) is 6.82. The molecule has 5 nitrogen and oxygen atoms in total. The second-order valence-corrected chi connectivity index (χ2v) is 7.68. The highest BCUT2D eigenvalue weighted by atomic mass is 79.9. The minimum Gasteiger partial charge on any atom is -0.456 e. The minimum atomic E-state index is -0.598. The number of amides is 1. The molecule has 0 saturated carbocycles. The number of benzene rings is 1. The van der Waals surface area contributed by atoms with E-state index in [1.807, 2.05) is 0 Å². The molecule has 0 aliphatic rings. The van der Waals surface area contributed by atoms with Crippen LogP contribution < -0.4 is 5.32 Å². The number of ether oxygens (including phenoxy) is 2. The lowest BCUT2D eigenvalue weighted by Crippen LogP contribution is -2.27. The number of carbonyl (C=O) groups excluding carboxylic acids is 2. The van der Waals surface area contributed by atoms with E-state index >= 15 is 0 Å². The first kappa shape index (κ1) is 18.5. The number of nitrogens with one attached hydrogen (secondary N) is 1. The molecule has 22 heavy (non-hydrogen) atoms. The zero-order valence-corrected chi connectivity index (χ0v) is 15.3. The summed E-state index contributed by atoms with van der Waals surface area (Å²) in [7, 11) is 0. The molecule has 0 unspecified atom stereocenters. The molecule has 1 aromatic carbocycles. The Hall–Kier alpha value is -1.56. The standard InChI is InChI=1S/C16H22BrNO4/c1-15(2,3)21-13(19)10-7-8-11(17)12(9-10)18-14(20)22-16(4,5)6/h7-9H,1-6H3,(H,18,20). The first-order valence-corrected chi connectivity index (χ1v) is 7.69. The van der Waals surface area contributed by atoms with Crippen molar-refractivity contribution in [3.63, 3.8) is 0 Å². The van der Waals surface area contributed by atoms with Gasteiger partial charge in [0.25, 0.3) is 0 Å². The predicted octanol–water partition coefficient (Wildman–Crippen LogP) is 4.75. The molecule has 0 bridgehead atoms. The first-order chi connectivity index (χ1) is 9.87. The van der Waals surface area contributed by atoms with Crippen LogP contribution in [0.1, 0.15) is 51.9 Å². The molecule has 122 valence electrons. The van der Waals surface area contributed by atoms with Crippen LogP contribution in [0.4, 0.5) is 10.5 Å². The largest absolute Gasteiger partial charge is 0.456 e. The van der Waals surface area contributed by atoms with Gasteiger partial charge < -0.3 is 9.47 Å². The van der Waals surface area contributed by atoms with E-state index in [1.54, 1.807) is 59.7 Å². The van der Waals surface area contributed by atoms with Crippen molar-refractivity contribution in [3.05, 3.63) is 28.2 Å². The molecule has 0 fully saturated rings. The summed E-state index contributed by atoms with van der Waals surface area (Å²) in [5, 5.41) is 2.61. The first-order valence-electron chi connectivity index (χ1n) is 6.90. The summed E-state index contributed by atoms with van der Waals surface area (Å²) in [5.74, 6) is -0.452. The van der Waals surface area contributed by atoms with Crippen LogP contribution in [0.2, 0.25) is 0 Å². The summed E-state index contributed by atoms with van der Waals surface area (Å²) < 4.78 is 11.1. The lowest BCUT2D eigenvalue weighted by Gasteiger charge is -2.21. The van der Waals surface area contributed by atoms with Crippen LogP contribution in [0.5, 0.6) is 0 Å². The molecule has 0 aliphatic carbocycles. The minimum absolute atomic E-state index is 0.351. The van der Waals surface area contributed by atoms with Crippen LogP contribution in [0.25, 0.3) is 0 Å². The van der Waals surface area contributed by atoms with E-state index in [-0.39, 0.29) is 0 Å². The maximum absolute atomic E-state index is 12.1. The maximum atomic E-state index is 12.1. The molecule has 0 radical (unpaired) electrons. The highest BCUT2D eigenvalue weighted by molar-refractivity contribution is 9.10. The molecule has 0 saturated heterocycles. The molecular weight excluding hydrogens is 350 g/mol. The van der Waals surface area contributed by atoms with E-state index in [4.69, 9.17) is 9.47 Å². The molecule has 1 rings (SSSR count). The van der Waals surface area contributed by atoms with Crippen molar-refractivity contribution in [1.29, 1.82) is 0 Å². The van der Waals surface area contributed by atoms with Gasteiger partial charge in [-0.1, -0.05) is 0 Å². The Bertz CT molecular complexity index is 570. The van der Waals surface area contributed by atoms with Crippen molar-refractivity contribution in [2.45, 2.75) is 52.7 Å². The predicted molar refractivity (Wildman–Crippen MR) is 89.2 cm³/mol. The van der Waals surface area contributed by atoms with Gasteiger partial charge in [0.05, 0.1) is 11.3 Å².